The molecule has 2 rings (SSSR count). The summed E-state index contributed by atoms with van der Waals surface area (Å²) in [5.41, 5.74) is 5.87. The Labute approximate surface area is 119 Å². The minimum Gasteiger partial charge on any atom is -0.478 e. The summed E-state index contributed by atoms with van der Waals surface area (Å²) in [5, 5.41) is 11.5. The zero-order valence-corrected chi connectivity index (χ0v) is 11.1. The summed E-state index contributed by atoms with van der Waals surface area (Å²) < 4.78 is 13.6. The molecule has 0 saturated carbocycles. The zero-order valence-electron chi connectivity index (χ0n) is 11.1. The molecule has 1 amide bonds. The average molecular weight is 289 g/mol. The summed E-state index contributed by atoms with van der Waals surface area (Å²) in [4.78, 5) is 26.2. The predicted molar refractivity (Wildman–Crippen MR) is 74.1 cm³/mol. The molecule has 6 nitrogen and oxygen atoms in total. The molecule has 2 aromatic rings. The molecule has 1 heterocycles. The number of benzene rings is 1. The Balaban J connectivity index is 2.38. The number of aromatic nitrogens is 1. The number of hydrogen-bond acceptors (Lipinski definition) is 4. The van der Waals surface area contributed by atoms with Gasteiger partial charge < -0.3 is 16.2 Å². The van der Waals surface area contributed by atoms with Crippen molar-refractivity contribution in [2.24, 2.45) is 5.73 Å². The number of aryl methyl sites for hydroxylation is 1. The highest BCUT2D eigenvalue weighted by Crippen LogP contribution is 2.21. The van der Waals surface area contributed by atoms with Gasteiger partial charge in [0.25, 0.3) is 5.91 Å². The second-order valence-corrected chi connectivity index (χ2v) is 4.34. The van der Waals surface area contributed by atoms with Crippen LogP contribution in [0, 0.1) is 12.7 Å². The normalized spacial score (nSPS) is 10.2. The average Bonchev–Trinajstić information content (AvgIpc) is 2.37. The van der Waals surface area contributed by atoms with Gasteiger partial charge in [-0.05, 0) is 37.3 Å². The molecule has 1 aromatic carbocycles. The van der Waals surface area contributed by atoms with E-state index in [1.54, 1.807) is 13.0 Å². The molecule has 0 fully saturated rings. The van der Waals surface area contributed by atoms with Crippen molar-refractivity contribution >= 4 is 23.4 Å². The minimum atomic E-state index is -1.36. The number of nitrogens with two attached hydrogens (primary N) is 1. The molecular formula is C14H12FN3O3. The maximum atomic E-state index is 13.6. The van der Waals surface area contributed by atoms with E-state index in [2.05, 4.69) is 10.3 Å². The lowest BCUT2D eigenvalue weighted by Crippen LogP contribution is -2.14. The van der Waals surface area contributed by atoms with Crippen LogP contribution in [-0.4, -0.2) is 22.0 Å². The van der Waals surface area contributed by atoms with E-state index in [-0.39, 0.29) is 17.1 Å². The number of primary amides is 1. The lowest BCUT2D eigenvalue weighted by Gasteiger charge is -2.10. The van der Waals surface area contributed by atoms with Gasteiger partial charge in [-0.25, -0.2) is 14.2 Å². The first-order valence-electron chi connectivity index (χ1n) is 5.96. The number of hydrogen-bond donors (Lipinski definition) is 3. The first-order valence-corrected chi connectivity index (χ1v) is 5.96. The van der Waals surface area contributed by atoms with Gasteiger partial charge in [0.1, 0.15) is 11.6 Å². The largest absolute Gasteiger partial charge is 0.478 e. The summed E-state index contributed by atoms with van der Waals surface area (Å²) in [6.45, 7) is 1.73. The fraction of sp³-hybridized carbons (Fsp3) is 0.0714. The SMILES string of the molecule is Cc1ccc(C(N)=O)c(Nc2ccc(C(=O)O)c(F)c2)n1. The quantitative estimate of drug-likeness (QED) is 0.799. The highest BCUT2D eigenvalue weighted by molar-refractivity contribution is 5.98. The monoisotopic (exact) mass is 289 g/mol. The maximum absolute atomic E-state index is 13.6. The van der Waals surface area contributed by atoms with Gasteiger partial charge in [-0.2, -0.15) is 0 Å². The Morgan fingerprint density at radius 1 is 1.24 bits per heavy atom. The lowest BCUT2D eigenvalue weighted by molar-refractivity contribution is 0.0691. The summed E-state index contributed by atoms with van der Waals surface area (Å²) >= 11 is 0. The molecular weight excluding hydrogens is 277 g/mol. The van der Waals surface area contributed by atoms with Crippen LogP contribution in [0.15, 0.2) is 30.3 Å². The number of amides is 1. The van der Waals surface area contributed by atoms with Crippen molar-refractivity contribution in [1.29, 1.82) is 0 Å². The van der Waals surface area contributed by atoms with E-state index in [0.29, 0.717) is 5.69 Å². The Morgan fingerprint density at radius 3 is 2.48 bits per heavy atom. The van der Waals surface area contributed by atoms with Gasteiger partial charge in [-0.3, -0.25) is 4.79 Å². The van der Waals surface area contributed by atoms with Crippen molar-refractivity contribution in [3.63, 3.8) is 0 Å². The van der Waals surface area contributed by atoms with Crippen LogP contribution < -0.4 is 11.1 Å². The first kappa shape index (κ1) is 14.4. The predicted octanol–water partition coefficient (Wildman–Crippen LogP) is 2.07. The number of aromatic carboxylic acids is 1. The van der Waals surface area contributed by atoms with Gasteiger partial charge in [-0.15, -0.1) is 0 Å². The Morgan fingerprint density at radius 2 is 1.90 bits per heavy atom. The Bertz CT molecular complexity index is 731. The fourth-order valence-corrected chi connectivity index (χ4v) is 1.75. The molecule has 0 aliphatic heterocycles. The molecule has 7 heteroatoms. The van der Waals surface area contributed by atoms with Crippen LogP contribution in [-0.2, 0) is 0 Å². The van der Waals surface area contributed by atoms with Crippen LogP contribution >= 0.6 is 0 Å². The van der Waals surface area contributed by atoms with Crippen molar-refractivity contribution < 1.29 is 19.1 Å². The number of anilines is 2. The van der Waals surface area contributed by atoms with E-state index in [0.717, 1.165) is 12.1 Å². The fourth-order valence-electron chi connectivity index (χ4n) is 1.75. The highest BCUT2D eigenvalue weighted by atomic mass is 19.1. The van der Waals surface area contributed by atoms with Crippen molar-refractivity contribution in [1.82, 2.24) is 4.98 Å². The van der Waals surface area contributed by atoms with Crippen LogP contribution in [0.3, 0.4) is 0 Å². The Kier molecular flexibility index (Phi) is 3.84. The first-order chi connectivity index (χ1) is 9.88. The van der Waals surface area contributed by atoms with E-state index in [1.165, 1.54) is 12.1 Å². The highest BCUT2D eigenvalue weighted by Gasteiger charge is 2.13. The van der Waals surface area contributed by atoms with E-state index < -0.39 is 23.3 Å². The molecule has 0 atom stereocenters. The maximum Gasteiger partial charge on any atom is 0.338 e. The van der Waals surface area contributed by atoms with E-state index in [9.17, 15) is 14.0 Å². The molecule has 0 aliphatic carbocycles. The molecule has 0 spiro atoms. The van der Waals surface area contributed by atoms with Gasteiger partial charge in [-0.1, -0.05) is 0 Å². The lowest BCUT2D eigenvalue weighted by atomic mass is 10.1. The van der Waals surface area contributed by atoms with E-state index in [4.69, 9.17) is 10.8 Å². The number of carbonyl (C=O) groups excluding carboxylic acids is 1. The summed E-state index contributed by atoms with van der Waals surface area (Å²) in [7, 11) is 0. The molecule has 108 valence electrons. The van der Waals surface area contributed by atoms with Crippen LogP contribution in [0.2, 0.25) is 0 Å². The number of nitrogens with one attached hydrogen (secondary N) is 1. The van der Waals surface area contributed by atoms with Gasteiger partial charge in [0.05, 0.1) is 11.1 Å². The summed E-state index contributed by atoms with van der Waals surface area (Å²) in [6.07, 6.45) is 0. The second-order valence-electron chi connectivity index (χ2n) is 4.34. The minimum absolute atomic E-state index is 0.156. The Hall–Kier alpha value is -2.96. The van der Waals surface area contributed by atoms with Crippen molar-refractivity contribution in [2.75, 3.05) is 5.32 Å². The van der Waals surface area contributed by atoms with E-state index in [1.807, 2.05) is 0 Å². The number of carboxylic acids is 1. The number of pyridine rings is 1. The van der Waals surface area contributed by atoms with Crippen LogP contribution in [0.5, 0.6) is 0 Å². The van der Waals surface area contributed by atoms with Crippen molar-refractivity contribution in [3.05, 3.63) is 53.0 Å². The summed E-state index contributed by atoms with van der Waals surface area (Å²) in [5.74, 6) is -2.73. The van der Waals surface area contributed by atoms with Gasteiger partial charge in [0, 0.05) is 11.4 Å². The van der Waals surface area contributed by atoms with Gasteiger partial charge in [0.15, 0.2) is 0 Å². The zero-order chi connectivity index (χ0) is 15.6. The molecule has 0 saturated heterocycles. The third-order valence-electron chi connectivity index (χ3n) is 2.76. The second kappa shape index (κ2) is 5.58. The standard InChI is InChI=1S/C14H12FN3O3/c1-7-2-4-10(12(16)19)13(17-7)18-8-3-5-9(14(20)21)11(15)6-8/h2-6H,1H3,(H2,16,19)(H,17,18)(H,20,21). The van der Waals surface area contributed by atoms with Crippen LogP contribution in [0.1, 0.15) is 26.4 Å². The molecule has 1 aromatic heterocycles. The number of carboxylic acid groups (broad SMARTS) is 1. The third kappa shape index (κ3) is 3.14. The molecule has 0 aliphatic rings. The molecule has 0 bridgehead atoms. The van der Waals surface area contributed by atoms with Crippen LogP contribution in [0.25, 0.3) is 0 Å². The summed E-state index contributed by atoms with van der Waals surface area (Å²) in [6, 6.07) is 6.65. The smallest absolute Gasteiger partial charge is 0.338 e. The van der Waals surface area contributed by atoms with Gasteiger partial charge >= 0.3 is 5.97 Å². The third-order valence-corrected chi connectivity index (χ3v) is 2.76. The van der Waals surface area contributed by atoms with E-state index >= 15 is 0 Å². The number of nitrogens with zero attached hydrogens (tertiary/aromatic N) is 1. The van der Waals surface area contributed by atoms with Crippen LogP contribution in [0.4, 0.5) is 15.9 Å². The molecule has 21 heavy (non-hydrogen) atoms. The molecule has 4 N–H and O–H groups in total. The molecule has 0 radical (unpaired) electrons. The van der Waals surface area contributed by atoms with Gasteiger partial charge in [0.2, 0.25) is 0 Å². The topological polar surface area (TPSA) is 105 Å². The number of rotatable bonds is 4. The molecule has 0 unspecified atom stereocenters. The number of halogens is 1. The number of carbonyl (C=O) groups is 2. The van der Waals surface area contributed by atoms with Crippen molar-refractivity contribution in [3.8, 4) is 0 Å². The van der Waals surface area contributed by atoms with Crippen molar-refractivity contribution in [2.45, 2.75) is 6.92 Å².